The van der Waals surface area contributed by atoms with Crippen molar-refractivity contribution in [3.05, 3.63) is 182 Å². The van der Waals surface area contributed by atoms with Crippen molar-refractivity contribution >= 4 is 54.4 Å². The van der Waals surface area contributed by atoms with E-state index in [1.807, 2.05) is 0 Å². The zero-order valence-corrected chi connectivity index (χ0v) is 26.2. The van der Waals surface area contributed by atoms with Crippen molar-refractivity contribution in [3.63, 3.8) is 0 Å². The number of rotatable bonds is 4. The molecule has 2 heterocycles. The van der Waals surface area contributed by atoms with Gasteiger partial charge in [-0.05, 0) is 69.4 Å². The van der Waals surface area contributed by atoms with Gasteiger partial charge in [-0.1, -0.05) is 146 Å². The van der Waals surface area contributed by atoms with Gasteiger partial charge >= 0.3 is 0 Å². The number of para-hydroxylation sites is 2. The summed E-state index contributed by atoms with van der Waals surface area (Å²) >= 11 is 0. The van der Waals surface area contributed by atoms with Gasteiger partial charge in [0.1, 0.15) is 0 Å². The molecule has 10 rings (SSSR count). The van der Waals surface area contributed by atoms with E-state index in [4.69, 9.17) is 0 Å². The minimum Gasteiger partial charge on any atom is -0.307 e. The predicted molar refractivity (Wildman–Crippen MR) is 203 cm³/mol. The summed E-state index contributed by atoms with van der Waals surface area (Å²) in [6.45, 7) is 0. The molecule has 2 aromatic heterocycles. The minimum absolute atomic E-state index is 1.15. The second-order valence-corrected chi connectivity index (χ2v) is 12.6. The third kappa shape index (κ3) is 4.06. The van der Waals surface area contributed by atoms with Crippen molar-refractivity contribution in [2.24, 2.45) is 0 Å². The molecule has 10 aromatic rings. The Balaban J connectivity index is 1.26. The molecule has 0 radical (unpaired) electrons. The molecule has 2 heteroatoms. The van der Waals surface area contributed by atoms with Crippen LogP contribution in [0.1, 0.15) is 0 Å². The molecule has 48 heavy (non-hydrogen) atoms. The molecule has 0 saturated carbocycles. The highest BCUT2D eigenvalue weighted by Gasteiger charge is 2.21. The molecule has 8 aromatic carbocycles. The summed E-state index contributed by atoms with van der Waals surface area (Å²) < 4.78 is 4.95. The average Bonchev–Trinajstić information content (AvgIpc) is 3.68. The topological polar surface area (TPSA) is 9.86 Å². The number of benzene rings is 8. The van der Waals surface area contributed by atoms with Crippen LogP contribution in [0.25, 0.3) is 88.0 Å². The largest absolute Gasteiger partial charge is 0.307 e. The lowest BCUT2D eigenvalue weighted by Crippen LogP contribution is -1.99. The zero-order valence-electron chi connectivity index (χ0n) is 26.2. The fraction of sp³-hybridized carbons (Fsp3) is 0. The highest BCUT2D eigenvalue weighted by atomic mass is 15.0. The van der Waals surface area contributed by atoms with Crippen molar-refractivity contribution in [3.8, 4) is 33.6 Å². The van der Waals surface area contributed by atoms with Crippen LogP contribution in [-0.4, -0.2) is 9.13 Å². The van der Waals surface area contributed by atoms with E-state index in [9.17, 15) is 0 Å². The standard InChI is InChI=1S/C46H30N2/c1-2-11-31(12-3-1)33-21-23-34(24-22-33)36-15-10-16-37(29-36)47-43-19-8-6-17-39(43)41-27-28-42-40-18-7-9-20-44(40)48(46(42)45(41)47)38-26-25-32-13-4-5-14-35(32)30-38/h1-30H. The first-order valence-electron chi connectivity index (χ1n) is 16.5. The van der Waals surface area contributed by atoms with Gasteiger partial charge in [0.15, 0.2) is 0 Å². The van der Waals surface area contributed by atoms with E-state index >= 15 is 0 Å². The normalized spacial score (nSPS) is 11.8. The third-order valence-electron chi connectivity index (χ3n) is 9.89. The molecule has 0 amide bonds. The Bertz CT molecular complexity index is 2820. The second kappa shape index (κ2) is 10.6. The maximum Gasteiger partial charge on any atom is 0.0788 e. The molecular formula is C46H30N2. The van der Waals surface area contributed by atoms with Crippen molar-refractivity contribution in [2.45, 2.75) is 0 Å². The molecule has 0 atom stereocenters. The van der Waals surface area contributed by atoms with E-state index in [0.717, 1.165) is 11.4 Å². The van der Waals surface area contributed by atoms with Crippen LogP contribution >= 0.6 is 0 Å². The fourth-order valence-electron chi connectivity index (χ4n) is 7.66. The molecule has 0 fully saturated rings. The smallest absolute Gasteiger partial charge is 0.0788 e. The number of nitrogens with zero attached hydrogens (tertiary/aromatic N) is 2. The molecule has 0 unspecified atom stereocenters. The number of aromatic nitrogens is 2. The predicted octanol–water partition coefficient (Wildman–Crippen LogP) is 12.4. The summed E-state index contributed by atoms with van der Waals surface area (Å²) in [4.78, 5) is 0. The van der Waals surface area contributed by atoms with Gasteiger partial charge in [0.2, 0.25) is 0 Å². The second-order valence-electron chi connectivity index (χ2n) is 12.6. The Kier molecular flexibility index (Phi) is 5.91. The summed E-state index contributed by atoms with van der Waals surface area (Å²) in [5.74, 6) is 0. The summed E-state index contributed by atoms with van der Waals surface area (Å²) in [5.41, 5.74) is 12.0. The lowest BCUT2D eigenvalue weighted by Gasteiger charge is -2.14. The Labute approximate surface area is 278 Å². The van der Waals surface area contributed by atoms with Gasteiger partial charge in [0, 0.05) is 32.9 Å². The number of hydrogen-bond acceptors (Lipinski definition) is 0. The van der Waals surface area contributed by atoms with Crippen LogP contribution in [-0.2, 0) is 0 Å². The first kappa shape index (κ1) is 26.8. The van der Waals surface area contributed by atoms with Gasteiger partial charge < -0.3 is 9.13 Å². The Morgan fingerprint density at radius 1 is 0.271 bits per heavy atom. The summed E-state index contributed by atoms with van der Waals surface area (Å²) in [6.07, 6.45) is 0. The van der Waals surface area contributed by atoms with E-state index in [1.165, 1.54) is 76.6 Å². The summed E-state index contributed by atoms with van der Waals surface area (Å²) in [6, 6.07) is 66.2. The van der Waals surface area contributed by atoms with Crippen LogP contribution in [0.15, 0.2) is 182 Å². The van der Waals surface area contributed by atoms with Crippen molar-refractivity contribution < 1.29 is 0 Å². The molecule has 0 saturated heterocycles. The van der Waals surface area contributed by atoms with Gasteiger partial charge in [-0.25, -0.2) is 0 Å². The van der Waals surface area contributed by atoms with Crippen LogP contribution in [0.3, 0.4) is 0 Å². The Hall–Kier alpha value is -6.38. The van der Waals surface area contributed by atoms with Crippen LogP contribution in [0, 0.1) is 0 Å². The Morgan fingerprint density at radius 2 is 0.771 bits per heavy atom. The third-order valence-corrected chi connectivity index (χ3v) is 9.89. The van der Waals surface area contributed by atoms with Crippen LogP contribution in [0.2, 0.25) is 0 Å². The van der Waals surface area contributed by atoms with Crippen molar-refractivity contribution in [2.75, 3.05) is 0 Å². The first-order valence-corrected chi connectivity index (χ1v) is 16.5. The number of hydrogen-bond donors (Lipinski definition) is 0. The summed E-state index contributed by atoms with van der Waals surface area (Å²) in [7, 11) is 0. The van der Waals surface area contributed by atoms with E-state index in [-0.39, 0.29) is 0 Å². The maximum atomic E-state index is 2.48. The summed E-state index contributed by atoms with van der Waals surface area (Å²) in [5, 5.41) is 7.49. The average molecular weight is 611 g/mol. The van der Waals surface area contributed by atoms with Gasteiger partial charge in [-0.3, -0.25) is 0 Å². The van der Waals surface area contributed by atoms with Crippen molar-refractivity contribution in [1.82, 2.24) is 9.13 Å². The van der Waals surface area contributed by atoms with E-state index in [2.05, 4.69) is 191 Å². The van der Waals surface area contributed by atoms with Gasteiger partial charge in [-0.15, -0.1) is 0 Å². The molecular weight excluding hydrogens is 581 g/mol. The van der Waals surface area contributed by atoms with Gasteiger partial charge in [0.25, 0.3) is 0 Å². The maximum absolute atomic E-state index is 2.48. The van der Waals surface area contributed by atoms with E-state index in [0.29, 0.717) is 0 Å². The fourth-order valence-corrected chi connectivity index (χ4v) is 7.66. The van der Waals surface area contributed by atoms with E-state index < -0.39 is 0 Å². The molecule has 0 N–H and O–H groups in total. The monoisotopic (exact) mass is 610 g/mol. The molecule has 0 aliphatic carbocycles. The van der Waals surface area contributed by atoms with Gasteiger partial charge in [-0.2, -0.15) is 0 Å². The highest BCUT2D eigenvalue weighted by Crippen LogP contribution is 2.42. The van der Waals surface area contributed by atoms with Crippen LogP contribution in [0.4, 0.5) is 0 Å². The zero-order chi connectivity index (χ0) is 31.6. The van der Waals surface area contributed by atoms with Crippen molar-refractivity contribution in [1.29, 1.82) is 0 Å². The first-order chi connectivity index (χ1) is 23.8. The van der Waals surface area contributed by atoms with E-state index in [1.54, 1.807) is 0 Å². The lowest BCUT2D eigenvalue weighted by molar-refractivity contribution is 1.15. The highest BCUT2D eigenvalue weighted by molar-refractivity contribution is 6.23. The van der Waals surface area contributed by atoms with Gasteiger partial charge in [0.05, 0.1) is 22.1 Å². The molecule has 0 aliphatic rings. The molecule has 0 spiro atoms. The molecule has 2 nitrogen and oxygen atoms in total. The number of fused-ring (bicyclic) bond motifs is 8. The Morgan fingerprint density at radius 3 is 1.44 bits per heavy atom. The van der Waals surface area contributed by atoms with Crippen LogP contribution < -0.4 is 0 Å². The molecule has 224 valence electrons. The molecule has 0 bridgehead atoms. The quantitative estimate of drug-likeness (QED) is 0.188. The van der Waals surface area contributed by atoms with Crippen LogP contribution in [0.5, 0.6) is 0 Å². The lowest BCUT2D eigenvalue weighted by atomic mass is 10.00. The minimum atomic E-state index is 1.15. The molecule has 0 aliphatic heterocycles. The SMILES string of the molecule is c1ccc(-c2ccc(-c3cccc(-n4c5ccccc5c5ccc6c7ccccc7n(-c7ccc8ccccc8c7)c6c54)c3)cc2)cc1.